The lowest BCUT2D eigenvalue weighted by molar-refractivity contribution is -0.870. The number of likely N-dealkylation sites (N-methyl/N-ethyl adjacent to an activating group) is 1. The number of rotatable bonds is 38. The summed E-state index contributed by atoms with van der Waals surface area (Å²) in [5.41, 5.74) is 0. The topological polar surface area (TPSA) is 111 Å². The summed E-state index contributed by atoms with van der Waals surface area (Å²) in [6.45, 7) is 3.99. The summed E-state index contributed by atoms with van der Waals surface area (Å²) in [5.74, 6) is -0.898. The van der Waals surface area contributed by atoms with Crippen LogP contribution in [0.4, 0.5) is 0 Å². The molecule has 0 heterocycles. The van der Waals surface area contributed by atoms with Gasteiger partial charge in [0.15, 0.2) is 6.10 Å². The quantitative estimate of drug-likeness (QED) is 0.0199. The molecule has 326 valence electrons. The number of carbonyl (C=O) groups excluding carboxylic acids is 2. The Hall–Kier alpha value is -2.81. The van der Waals surface area contributed by atoms with E-state index in [-0.39, 0.29) is 26.1 Å². The third kappa shape index (κ3) is 42.6. The first-order valence-electron chi connectivity index (χ1n) is 21.8. The molecule has 0 aliphatic heterocycles. The van der Waals surface area contributed by atoms with Gasteiger partial charge in [0, 0.05) is 12.8 Å². The highest BCUT2D eigenvalue weighted by Crippen LogP contribution is 2.38. The van der Waals surface area contributed by atoms with E-state index in [1.165, 1.54) is 12.8 Å². The number of allylic oxidation sites excluding steroid dienone is 14. The molecule has 9 nitrogen and oxygen atoms in total. The summed E-state index contributed by atoms with van der Waals surface area (Å²) in [6, 6.07) is 0. The minimum Gasteiger partial charge on any atom is -0.756 e. The molecule has 2 atom stereocenters. The van der Waals surface area contributed by atoms with Crippen LogP contribution in [0.15, 0.2) is 85.1 Å². The van der Waals surface area contributed by atoms with E-state index >= 15 is 0 Å². The fourth-order valence-electron chi connectivity index (χ4n) is 5.22. The van der Waals surface area contributed by atoms with E-state index in [1.807, 2.05) is 21.1 Å². The second-order valence-corrected chi connectivity index (χ2v) is 16.7. The maximum Gasteiger partial charge on any atom is 0.306 e. The third-order valence-electron chi connectivity index (χ3n) is 8.65. The summed E-state index contributed by atoms with van der Waals surface area (Å²) in [7, 11) is 1.12. The number of carbonyl (C=O) groups is 2. The van der Waals surface area contributed by atoms with E-state index in [2.05, 4.69) is 98.9 Å². The highest BCUT2D eigenvalue weighted by molar-refractivity contribution is 7.45. The number of quaternary nitrogens is 1. The highest BCUT2D eigenvalue weighted by atomic mass is 31.2. The van der Waals surface area contributed by atoms with Gasteiger partial charge < -0.3 is 27.9 Å². The van der Waals surface area contributed by atoms with Crippen molar-refractivity contribution < 1.29 is 42.1 Å². The van der Waals surface area contributed by atoms with Gasteiger partial charge in [-0.3, -0.25) is 14.2 Å². The molecule has 0 aromatic heterocycles. The van der Waals surface area contributed by atoms with Crippen LogP contribution in [0.3, 0.4) is 0 Å². The lowest BCUT2D eigenvalue weighted by Gasteiger charge is -2.28. The smallest absolute Gasteiger partial charge is 0.306 e. The fraction of sp³-hybridized carbons (Fsp3) is 0.660. The number of esters is 2. The van der Waals surface area contributed by atoms with Crippen LogP contribution < -0.4 is 4.89 Å². The van der Waals surface area contributed by atoms with Crippen LogP contribution in [0, 0.1) is 0 Å². The predicted molar refractivity (Wildman–Crippen MR) is 236 cm³/mol. The Morgan fingerprint density at radius 3 is 1.51 bits per heavy atom. The largest absolute Gasteiger partial charge is 0.756 e. The molecule has 0 rings (SSSR count). The van der Waals surface area contributed by atoms with Crippen molar-refractivity contribution in [2.75, 3.05) is 47.5 Å². The Labute approximate surface area is 348 Å². The van der Waals surface area contributed by atoms with Crippen LogP contribution in [-0.2, 0) is 32.7 Å². The van der Waals surface area contributed by atoms with Crippen LogP contribution in [0.5, 0.6) is 0 Å². The van der Waals surface area contributed by atoms with Gasteiger partial charge in [0.2, 0.25) is 0 Å². The zero-order valence-corrected chi connectivity index (χ0v) is 37.4. The average molecular weight is 818 g/mol. The van der Waals surface area contributed by atoms with Crippen LogP contribution in [0.1, 0.15) is 149 Å². The van der Waals surface area contributed by atoms with Gasteiger partial charge in [-0.05, 0) is 83.5 Å². The molecule has 0 saturated carbocycles. The van der Waals surface area contributed by atoms with Gasteiger partial charge in [-0.2, -0.15) is 0 Å². The van der Waals surface area contributed by atoms with E-state index < -0.39 is 32.5 Å². The van der Waals surface area contributed by atoms with Crippen LogP contribution in [-0.4, -0.2) is 70.0 Å². The average Bonchev–Trinajstić information content (AvgIpc) is 3.16. The normalized spacial score (nSPS) is 14.4. The molecule has 0 aliphatic carbocycles. The van der Waals surface area contributed by atoms with Crippen molar-refractivity contribution >= 4 is 19.8 Å². The number of hydrogen-bond donors (Lipinski definition) is 0. The summed E-state index contributed by atoms with van der Waals surface area (Å²) in [5, 5.41) is 0. The molecular weight excluding hydrogens is 737 g/mol. The molecule has 1 unspecified atom stereocenters. The molecule has 0 saturated heterocycles. The van der Waals surface area contributed by atoms with Gasteiger partial charge >= 0.3 is 11.9 Å². The molecule has 0 N–H and O–H groups in total. The summed E-state index contributed by atoms with van der Waals surface area (Å²) in [4.78, 5) is 37.5. The zero-order chi connectivity index (χ0) is 42.1. The molecule has 0 spiro atoms. The molecule has 0 aromatic carbocycles. The summed E-state index contributed by atoms with van der Waals surface area (Å²) < 4.78 is 33.8. The standard InChI is InChI=1S/C47H80NO8P/c1-6-8-10-12-14-16-18-20-22-23-24-25-26-28-30-32-34-36-38-40-47(50)56-45(44-55-57(51,52)54-42-41-48(3,4)5)43-53-46(49)39-37-35-33-31-29-27-21-19-17-15-13-11-9-7-2/h8,10,13-16,19-22,24-25,28,30,45H,6-7,9,11-12,17-18,23,26-27,29,31-44H2,1-5H3/b10-8+,15-13+,16-14+,21-19+,22-20+,25-24+,30-28+/t45-/m1/s1. The van der Waals surface area contributed by atoms with Crippen LogP contribution in [0.25, 0.3) is 0 Å². The third-order valence-corrected chi connectivity index (χ3v) is 9.61. The number of hydrogen-bond acceptors (Lipinski definition) is 8. The molecule has 57 heavy (non-hydrogen) atoms. The first-order chi connectivity index (χ1) is 27.5. The Morgan fingerprint density at radius 2 is 1.00 bits per heavy atom. The van der Waals surface area contributed by atoms with Crippen molar-refractivity contribution in [3.05, 3.63) is 85.1 Å². The van der Waals surface area contributed by atoms with Crippen molar-refractivity contribution in [2.24, 2.45) is 0 Å². The van der Waals surface area contributed by atoms with Gasteiger partial charge in [-0.15, -0.1) is 0 Å². The highest BCUT2D eigenvalue weighted by Gasteiger charge is 2.21. The Balaban J connectivity index is 4.48. The minimum atomic E-state index is -4.64. The Kier molecular flexibility index (Phi) is 36.8. The molecular formula is C47H80NO8P. The second-order valence-electron chi connectivity index (χ2n) is 15.3. The van der Waals surface area contributed by atoms with Gasteiger partial charge in [0.1, 0.15) is 19.8 Å². The van der Waals surface area contributed by atoms with Gasteiger partial charge in [0.05, 0.1) is 27.7 Å². The lowest BCUT2D eigenvalue weighted by atomic mass is 10.1. The van der Waals surface area contributed by atoms with Crippen molar-refractivity contribution in [3.8, 4) is 0 Å². The Bertz CT molecular complexity index is 1240. The molecule has 0 fully saturated rings. The van der Waals surface area contributed by atoms with E-state index in [0.717, 1.165) is 96.3 Å². The van der Waals surface area contributed by atoms with Crippen LogP contribution in [0.2, 0.25) is 0 Å². The molecule has 0 bridgehead atoms. The second kappa shape index (κ2) is 38.7. The van der Waals surface area contributed by atoms with Crippen molar-refractivity contribution in [3.63, 3.8) is 0 Å². The van der Waals surface area contributed by atoms with Crippen molar-refractivity contribution in [1.82, 2.24) is 0 Å². The van der Waals surface area contributed by atoms with Crippen LogP contribution >= 0.6 is 7.82 Å². The van der Waals surface area contributed by atoms with Crippen molar-refractivity contribution in [1.29, 1.82) is 0 Å². The van der Waals surface area contributed by atoms with E-state index in [9.17, 15) is 19.0 Å². The maximum atomic E-state index is 12.7. The number of phosphoric ester groups is 1. The number of unbranched alkanes of at least 4 members (excludes halogenated alkanes) is 10. The number of phosphoric acid groups is 1. The Morgan fingerprint density at radius 1 is 0.561 bits per heavy atom. The molecule has 0 radical (unpaired) electrons. The molecule has 0 amide bonds. The van der Waals surface area contributed by atoms with Gasteiger partial charge in [-0.25, -0.2) is 0 Å². The molecule has 0 aliphatic rings. The monoisotopic (exact) mass is 818 g/mol. The van der Waals surface area contributed by atoms with E-state index in [1.54, 1.807) is 0 Å². The first kappa shape index (κ1) is 54.2. The zero-order valence-electron chi connectivity index (χ0n) is 36.5. The molecule has 10 heteroatoms. The lowest BCUT2D eigenvalue weighted by Crippen LogP contribution is -2.37. The SMILES string of the molecule is CC/C=C/C/C=C/C/C=C/C/C=C/C/C=C/CCCCCC(=O)O[C@H](COC(=O)CCCCCCC/C=C/C/C=C/CCCC)COP(=O)([O-])OCC[N+](C)(C)C. The summed E-state index contributed by atoms with van der Waals surface area (Å²) in [6.07, 6.45) is 48.9. The summed E-state index contributed by atoms with van der Waals surface area (Å²) >= 11 is 0. The maximum absolute atomic E-state index is 12.7. The molecule has 0 aromatic rings. The van der Waals surface area contributed by atoms with E-state index in [0.29, 0.717) is 23.9 Å². The van der Waals surface area contributed by atoms with Crippen molar-refractivity contribution in [2.45, 2.75) is 155 Å². The minimum absolute atomic E-state index is 0.0448. The predicted octanol–water partition coefficient (Wildman–Crippen LogP) is 11.8. The van der Waals surface area contributed by atoms with Gasteiger partial charge in [-0.1, -0.05) is 137 Å². The number of nitrogens with zero attached hydrogens (tertiary/aromatic N) is 1. The first-order valence-corrected chi connectivity index (χ1v) is 23.3. The van der Waals surface area contributed by atoms with E-state index in [4.69, 9.17) is 18.5 Å². The van der Waals surface area contributed by atoms with Gasteiger partial charge in [0.25, 0.3) is 7.82 Å². The number of ether oxygens (including phenoxy) is 2. The fourth-order valence-corrected chi connectivity index (χ4v) is 5.95.